The third kappa shape index (κ3) is 5.49. The summed E-state index contributed by atoms with van der Waals surface area (Å²) in [5.74, 6) is 1.15. The Bertz CT molecular complexity index is 987. The Hall–Kier alpha value is -2.76. The van der Waals surface area contributed by atoms with Gasteiger partial charge in [-0.25, -0.2) is 0 Å². The van der Waals surface area contributed by atoms with E-state index in [4.69, 9.17) is 5.10 Å². The number of aromatic nitrogens is 2. The molecule has 7 nitrogen and oxygen atoms in total. The monoisotopic (exact) mass is 438 g/mol. The number of benzene rings is 1. The van der Waals surface area contributed by atoms with E-state index in [1.807, 2.05) is 43.9 Å². The molecule has 164 valence electrons. The molecule has 1 aliphatic rings. The molecule has 1 amide bonds. The second-order valence-electron chi connectivity index (χ2n) is 8.70. The lowest BCUT2D eigenvalue weighted by molar-refractivity contribution is -0.108. The van der Waals surface area contributed by atoms with Gasteiger partial charge in [0.1, 0.15) is 0 Å². The van der Waals surface area contributed by atoms with Crippen molar-refractivity contribution >= 4 is 35.9 Å². The maximum Gasteiger partial charge on any atom is 0.211 e. The van der Waals surface area contributed by atoms with Crippen molar-refractivity contribution in [2.24, 2.45) is 11.3 Å². The molecule has 3 rings (SSSR count). The predicted molar refractivity (Wildman–Crippen MR) is 126 cm³/mol. The molecule has 1 aromatic carbocycles. The molecule has 1 fully saturated rings. The van der Waals surface area contributed by atoms with E-state index in [1.165, 1.54) is 0 Å². The lowest BCUT2D eigenvalue weighted by Crippen LogP contribution is -2.17. The summed E-state index contributed by atoms with van der Waals surface area (Å²) in [5.41, 5.74) is 3.01. The third-order valence-electron chi connectivity index (χ3n) is 5.67. The van der Waals surface area contributed by atoms with Gasteiger partial charge in [-0.15, -0.1) is 0 Å². The molecule has 1 saturated carbocycles. The Kier molecular flexibility index (Phi) is 7.08. The van der Waals surface area contributed by atoms with Crippen LogP contribution in [0, 0.1) is 29.6 Å². The molecule has 2 atom stereocenters. The minimum Gasteiger partial charge on any atom is -0.339 e. The van der Waals surface area contributed by atoms with Crippen LogP contribution in [-0.2, 0) is 4.79 Å². The first kappa shape index (κ1) is 22.9. The first-order valence-corrected chi connectivity index (χ1v) is 11.1. The van der Waals surface area contributed by atoms with Crippen molar-refractivity contribution in [2.45, 2.75) is 44.6 Å². The minimum absolute atomic E-state index is 0.0102. The van der Waals surface area contributed by atoms with Crippen molar-refractivity contribution in [1.29, 1.82) is 5.26 Å². The van der Waals surface area contributed by atoms with Crippen molar-refractivity contribution in [3.8, 4) is 6.07 Å². The van der Waals surface area contributed by atoms with Gasteiger partial charge in [-0.2, -0.15) is 10.4 Å². The van der Waals surface area contributed by atoms with Crippen LogP contribution in [0.5, 0.6) is 0 Å². The summed E-state index contributed by atoms with van der Waals surface area (Å²) < 4.78 is 4.01. The maximum atomic E-state index is 10.7. The molecule has 31 heavy (non-hydrogen) atoms. The largest absolute Gasteiger partial charge is 0.339 e. The van der Waals surface area contributed by atoms with Gasteiger partial charge in [-0.05, 0) is 81.1 Å². The second kappa shape index (κ2) is 9.58. The van der Waals surface area contributed by atoms with E-state index in [0.717, 1.165) is 34.1 Å². The summed E-state index contributed by atoms with van der Waals surface area (Å²) in [5, 5.41) is 20.3. The van der Waals surface area contributed by atoms with Crippen molar-refractivity contribution < 1.29 is 4.79 Å². The first-order valence-electron chi connectivity index (χ1n) is 10.3. The maximum absolute atomic E-state index is 10.7. The van der Waals surface area contributed by atoms with E-state index in [9.17, 15) is 10.1 Å². The highest BCUT2D eigenvalue weighted by Gasteiger charge is 2.51. The lowest BCUT2D eigenvalue weighted by atomic mass is 10.0. The molecule has 0 spiro atoms. The number of hydrogen-bond donors (Lipinski definition) is 2. The highest BCUT2D eigenvalue weighted by molar-refractivity contribution is 7.97. The lowest BCUT2D eigenvalue weighted by Gasteiger charge is -2.18. The van der Waals surface area contributed by atoms with Crippen LogP contribution in [0.3, 0.4) is 0 Å². The van der Waals surface area contributed by atoms with Crippen LogP contribution >= 0.6 is 11.9 Å². The summed E-state index contributed by atoms with van der Waals surface area (Å²) in [6, 6.07) is 10.5. The number of carbonyl (C=O) groups excluding carboxylic acids is 1. The topological polar surface area (TPSA) is 86.0 Å². The van der Waals surface area contributed by atoms with Gasteiger partial charge in [-0.1, -0.05) is 13.8 Å². The molecular weight excluding hydrogens is 408 g/mol. The zero-order valence-corrected chi connectivity index (χ0v) is 19.5. The molecule has 0 radical (unpaired) electrons. The zero-order chi connectivity index (χ0) is 22.6. The molecular formula is C23H30N6OS. The number of rotatable bonds is 10. The number of nitriles is 1. The van der Waals surface area contributed by atoms with Gasteiger partial charge in [0.15, 0.2) is 5.82 Å². The third-order valence-corrected chi connectivity index (χ3v) is 6.52. The smallest absolute Gasteiger partial charge is 0.211 e. The van der Waals surface area contributed by atoms with Gasteiger partial charge in [0.2, 0.25) is 6.41 Å². The SMILES string of the molecule is Cc1c(Nc2ccc(SN(C)C)cc2)nn(C(CC#N)C2CC2(C)C)c1/C=C\NC=O. The van der Waals surface area contributed by atoms with Gasteiger partial charge in [-0.3, -0.25) is 13.8 Å². The van der Waals surface area contributed by atoms with Gasteiger partial charge in [0, 0.05) is 22.3 Å². The fraction of sp³-hybridized carbons (Fsp3) is 0.435. The fourth-order valence-corrected chi connectivity index (χ4v) is 4.55. The van der Waals surface area contributed by atoms with Crippen LogP contribution < -0.4 is 10.6 Å². The number of hydrogen-bond acceptors (Lipinski definition) is 6. The van der Waals surface area contributed by atoms with Gasteiger partial charge in [0.25, 0.3) is 0 Å². The highest BCUT2D eigenvalue weighted by Crippen LogP contribution is 2.58. The predicted octanol–water partition coefficient (Wildman–Crippen LogP) is 4.72. The quantitative estimate of drug-likeness (QED) is 0.412. The average Bonchev–Trinajstić information content (AvgIpc) is 3.24. The highest BCUT2D eigenvalue weighted by atomic mass is 32.2. The molecule has 2 N–H and O–H groups in total. The fourth-order valence-electron chi connectivity index (χ4n) is 3.87. The summed E-state index contributed by atoms with van der Waals surface area (Å²) in [4.78, 5) is 11.9. The number of amides is 1. The van der Waals surface area contributed by atoms with E-state index in [2.05, 4.69) is 47.0 Å². The van der Waals surface area contributed by atoms with Crippen molar-refractivity contribution in [1.82, 2.24) is 19.4 Å². The molecule has 1 aromatic heterocycles. The average molecular weight is 439 g/mol. The van der Waals surface area contributed by atoms with E-state index >= 15 is 0 Å². The van der Waals surface area contributed by atoms with E-state index < -0.39 is 0 Å². The van der Waals surface area contributed by atoms with E-state index in [1.54, 1.807) is 18.1 Å². The normalized spacial score (nSPS) is 18.0. The zero-order valence-electron chi connectivity index (χ0n) is 18.7. The van der Waals surface area contributed by atoms with Crippen LogP contribution in [0.2, 0.25) is 0 Å². The summed E-state index contributed by atoms with van der Waals surface area (Å²) in [6.07, 6.45) is 5.55. The minimum atomic E-state index is -0.0102. The number of carbonyl (C=O) groups is 1. The van der Waals surface area contributed by atoms with Crippen LogP contribution in [0.25, 0.3) is 6.08 Å². The molecule has 1 heterocycles. The van der Waals surface area contributed by atoms with Crippen molar-refractivity contribution in [3.05, 3.63) is 41.7 Å². The molecule has 2 unspecified atom stereocenters. The van der Waals surface area contributed by atoms with Crippen molar-refractivity contribution in [3.63, 3.8) is 0 Å². The Morgan fingerprint density at radius 3 is 2.61 bits per heavy atom. The van der Waals surface area contributed by atoms with Crippen molar-refractivity contribution in [2.75, 3.05) is 19.4 Å². The Morgan fingerprint density at radius 1 is 1.39 bits per heavy atom. The van der Waals surface area contributed by atoms with E-state index in [-0.39, 0.29) is 11.5 Å². The van der Waals surface area contributed by atoms with Crippen LogP contribution in [0.4, 0.5) is 11.5 Å². The number of nitrogens with one attached hydrogen (secondary N) is 2. The Labute approximate surface area is 188 Å². The van der Waals surface area contributed by atoms with Crippen LogP contribution in [0.1, 0.15) is 44.0 Å². The Balaban J connectivity index is 1.93. The number of anilines is 2. The summed E-state index contributed by atoms with van der Waals surface area (Å²) in [7, 11) is 4.03. The number of nitrogens with zero attached hydrogens (tertiary/aromatic N) is 4. The summed E-state index contributed by atoms with van der Waals surface area (Å²) >= 11 is 1.66. The molecule has 0 aliphatic heterocycles. The van der Waals surface area contributed by atoms with Gasteiger partial charge in [0.05, 0.1) is 24.2 Å². The van der Waals surface area contributed by atoms with Gasteiger partial charge < -0.3 is 10.6 Å². The second-order valence-corrected chi connectivity index (χ2v) is 10.1. The van der Waals surface area contributed by atoms with E-state index in [0.29, 0.717) is 18.7 Å². The van der Waals surface area contributed by atoms with Gasteiger partial charge >= 0.3 is 0 Å². The molecule has 0 saturated heterocycles. The first-order chi connectivity index (χ1) is 14.8. The molecule has 2 aromatic rings. The standard InChI is InChI=1S/C23H30N6OS/c1-16-20(11-13-25-15-30)29(21(10-12-24)19-14-23(19,2)3)27-22(16)26-17-6-8-18(9-7-17)31-28(4)5/h6-9,11,13,15,19,21H,10,14H2,1-5H3,(H,25,30)(H,26,27)/b13-11-. The molecule has 8 heteroatoms. The molecule has 1 aliphatic carbocycles. The molecule has 0 bridgehead atoms. The summed E-state index contributed by atoms with van der Waals surface area (Å²) in [6.45, 7) is 6.47. The van der Waals surface area contributed by atoms with Crippen LogP contribution in [-0.4, -0.2) is 34.6 Å². The van der Waals surface area contributed by atoms with Crippen LogP contribution in [0.15, 0.2) is 35.4 Å². The Morgan fingerprint density at radius 2 is 2.06 bits per heavy atom.